The molecule has 2 rings (SSSR count). The van der Waals surface area contributed by atoms with Crippen LogP contribution in [-0.4, -0.2) is 30.8 Å². The van der Waals surface area contributed by atoms with E-state index in [-0.39, 0.29) is 4.88 Å². The number of anilines is 1. The number of halogens is 3. The molecule has 0 spiro atoms. The maximum absolute atomic E-state index is 12.3. The van der Waals surface area contributed by atoms with Gasteiger partial charge in [-0.05, 0) is 18.2 Å². The molecule has 1 heterocycles. The van der Waals surface area contributed by atoms with E-state index in [4.69, 9.17) is 17.3 Å². The van der Waals surface area contributed by atoms with Gasteiger partial charge in [0.15, 0.2) is 0 Å². The van der Waals surface area contributed by atoms with Gasteiger partial charge in [-0.15, -0.1) is 11.3 Å². The zero-order chi connectivity index (χ0) is 14.2. The number of hydrogen-bond acceptors (Lipinski definition) is 3. The third-order valence-electron chi connectivity index (χ3n) is 2.64. The van der Waals surface area contributed by atoms with Crippen molar-refractivity contribution < 1.29 is 13.6 Å². The molecule has 2 aromatic rings. The van der Waals surface area contributed by atoms with Crippen molar-refractivity contribution in [3.8, 4) is 0 Å². The summed E-state index contributed by atoms with van der Waals surface area (Å²) in [6.45, 7) is -0.618. The average Bonchev–Trinajstić information content (AvgIpc) is 2.64. The zero-order valence-electron chi connectivity index (χ0n) is 9.99. The summed E-state index contributed by atoms with van der Waals surface area (Å²) in [6, 6.07) is 5.08. The van der Waals surface area contributed by atoms with Crippen molar-refractivity contribution in [3.05, 3.63) is 28.1 Å². The number of thiophene rings is 1. The van der Waals surface area contributed by atoms with Gasteiger partial charge in [0.05, 0.1) is 12.2 Å². The number of rotatable bonds is 3. The number of nitrogens with zero attached hydrogens (tertiary/aromatic N) is 1. The van der Waals surface area contributed by atoms with E-state index < -0.39 is 18.9 Å². The molecule has 0 atom stereocenters. The molecule has 0 saturated carbocycles. The molecule has 2 N–H and O–H groups in total. The Hall–Kier alpha value is -1.40. The van der Waals surface area contributed by atoms with Crippen molar-refractivity contribution in [2.75, 3.05) is 19.3 Å². The fourth-order valence-electron chi connectivity index (χ4n) is 1.71. The van der Waals surface area contributed by atoms with E-state index in [1.165, 1.54) is 7.05 Å². The lowest BCUT2D eigenvalue weighted by Gasteiger charge is -2.15. The highest BCUT2D eigenvalue weighted by atomic mass is 35.5. The van der Waals surface area contributed by atoms with E-state index in [0.717, 1.165) is 20.9 Å². The van der Waals surface area contributed by atoms with Gasteiger partial charge in [0.1, 0.15) is 4.88 Å². The van der Waals surface area contributed by atoms with Gasteiger partial charge in [0.2, 0.25) is 0 Å². The van der Waals surface area contributed by atoms with E-state index in [1.54, 1.807) is 18.2 Å². The summed E-state index contributed by atoms with van der Waals surface area (Å²) in [6.07, 6.45) is -2.57. The summed E-state index contributed by atoms with van der Waals surface area (Å²) >= 11 is 7.02. The fraction of sp³-hybridized carbons (Fsp3) is 0.250. The lowest BCUT2D eigenvalue weighted by molar-refractivity contribution is 0.0625. The number of benzene rings is 1. The lowest BCUT2D eigenvalue weighted by atomic mass is 10.2. The Labute approximate surface area is 117 Å². The van der Waals surface area contributed by atoms with Crippen LogP contribution in [-0.2, 0) is 0 Å². The van der Waals surface area contributed by atoms with Crippen molar-refractivity contribution in [1.82, 2.24) is 4.90 Å². The normalized spacial score (nSPS) is 11.2. The van der Waals surface area contributed by atoms with Crippen LogP contribution in [0.25, 0.3) is 10.1 Å². The van der Waals surface area contributed by atoms with Gasteiger partial charge in [0, 0.05) is 22.2 Å². The molecule has 0 aliphatic heterocycles. The second-order valence-corrected chi connectivity index (χ2v) is 5.55. The minimum atomic E-state index is -2.57. The van der Waals surface area contributed by atoms with E-state index in [0.29, 0.717) is 16.1 Å². The third-order valence-corrected chi connectivity index (χ3v) is 4.03. The summed E-state index contributed by atoms with van der Waals surface area (Å²) < 4.78 is 25.3. The van der Waals surface area contributed by atoms with E-state index in [1.807, 2.05) is 0 Å². The summed E-state index contributed by atoms with van der Waals surface area (Å²) in [7, 11) is 1.32. The maximum Gasteiger partial charge on any atom is 0.266 e. The van der Waals surface area contributed by atoms with Crippen LogP contribution < -0.4 is 5.73 Å². The molecular weight excluding hydrogens is 294 g/mol. The van der Waals surface area contributed by atoms with Crippen LogP contribution >= 0.6 is 22.9 Å². The number of carbonyl (C=O) groups is 1. The molecule has 1 aromatic heterocycles. The fourth-order valence-corrected chi connectivity index (χ4v) is 3.11. The van der Waals surface area contributed by atoms with Crippen molar-refractivity contribution in [1.29, 1.82) is 0 Å². The molecule has 19 heavy (non-hydrogen) atoms. The molecule has 0 aliphatic carbocycles. The van der Waals surface area contributed by atoms with Crippen molar-refractivity contribution in [2.24, 2.45) is 0 Å². The first kappa shape index (κ1) is 14.0. The predicted molar refractivity (Wildman–Crippen MR) is 74.2 cm³/mol. The number of alkyl halides is 2. The molecular formula is C12H11ClF2N2OS. The summed E-state index contributed by atoms with van der Waals surface area (Å²) in [4.78, 5) is 13.3. The van der Waals surface area contributed by atoms with Crippen molar-refractivity contribution >= 4 is 44.6 Å². The lowest BCUT2D eigenvalue weighted by Crippen LogP contribution is -2.31. The van der Waals surface area contributed by atoms with Crippen molar-refractivity contribution in [3.63, 3.8) is 0 Å². The Bertz CT molecular complexity index is 629. The number of nitrogens with two attached hydrogens (primary N) is 1. The van der Waals surface area contributed by atoms with E-state index in [9.17, 15) is 13.6 Å². The van der Waals surface area contributed by atoms with Gasteiger partial charge in [-0.3, -0.25) is 4.79 Å². The first-order valence-corrected chi connectivity index (χ1v) is 6.60. The molecule has 0 unspecified atom stereocenters. The molecule has 1 aromatic carbocycles. The third kappa shape index (κ3) is 2.79. The first-order chi connectivity index (χ1) is 8.90. The topological polar surface area (TPSA) is 46.3 Å². The van der Waals surface area contributed by atoms with Gasteiger partial charge in [-0.1, -0.05) is 11.6 Å². The van der Waals surface area contributed by atoms with E-state index in [2.05, 4.69) is 0 Å². The number of fused-ring (bicyclic) bond motifs is 1. The van der Waals surface area contributed by atoms with Gasteiger partial charge in [-0.25, -0.2) is 8.78 Å². The van der Waals surface area contributed by atoms with Gasteiger partial charge in [0.25, 0.3) is 12.3 Å². The highest BCUT2D eigenvalue weighted by Gasteiger charge is 2.21. The van der Waals surface area contributed by atoms with Gasteiger partial charge in [-0.2, -0.15) is 0 Å². The highest BCUT2D eigenvalue weighted by molar-refractivity contribution is 7.21. The molecule has 0 fully saturated rings. The van der Waals surface area contributed by atoms with Crippen LogP contribution in [0, 0.1) is 0 Å². The molecule has 0 aliphatic rings. The van der Waals surface area contributed by atoms with Gasteiger partial charge < -0.3 is 10.6 Å². The van der Waals surface area contributed by atoms with Crippen LogP contribution in [0.1, 0.15) is 9.67 Å². The molecule has 102 valence electrons. The Kier molecular flexibility index (Phi) is 3.91. The minimum absolute atomic E-state index is 0.264. The number of hydrogen-bond donors (Lipinski definition) is 1. The smallest absolute Gasteiger partial charge is 0.266 e. The largest absolute Gasteiger partial charge is 0.397 e. The first-order valence-electron chi connectivity index (χ1n) is 5.41. The van der Waals surface area contributed by atoms with Crippen LogP contribution in [0.2, 0.25) is 5.02 Å². The number of carbonyl (C=O) groups excluding carboxylic acids is 1. The zero-order valence-corrected chi connectivity index (χ0v) is 11.6. The Balaban J connectivity index is 2.40. The Morgan fingerprint density at radius 1 is 1.53 bits per heavy atom. The molecule has 0 bridgehead atoms. The molecule has 3 nitrogen and oxygen atoms in total. The highest BCUT2D eigenvalue weighted by Crippen LogP contribution is 2.35. The SMILES string of the molecule is CN(CC(F)F)C(=O)c1sc2cc(Cl)ccc2c1N. The standard InChI is InChI=1S/C12H11ClF2N2OS/c1-17(5-9(14)15)12(18)11-10(16)7-3-2-6(13)4-8(7)19-11/h2-4,9H,5,16H2,1H3. The monoisotopic (exact) mass is 304 g/mol. The second-order valence-electron chi connectivity index (χ2n) is 4.06. The minimum Gasteiger partial charge on any atom is -0.397 e. The summed E-state index contributed by atoms with van der Waals surface area (Å²) in [5.74, 6) is -0.505. The molecule has 0 saturated heterocycles. The Morgan fingerprint density at radius 2 is 2.21 bits per heavy atom. The van der Waals surface area contributed by atoms with Gasteiger partial charge >= 0.3 is 0 Å². The molecule has 1 amide bonds. The predicted octanol–water partition coefficient (Wildman–Crippen LogP) is 3.47. The number of nitrogen functional groups attached to an aromatic ring is 1. The van der Waals surface area contributed by atoms with Crippen LogP contribution in [0.3, 0.4) is 0 Å². The number of amides is 1. The summed E-state index contributed by atoms with van der Waals surface area (Å²) in [5, 5.41) is 1.25. The van der Waals surface area contributed by atoms with Crippen LogP contribution in [0.15, 0.2) is 18.2 Å². The van der Waals surface area contributed by atoms with Crippen LogP contribution in [0.4, 0.5) is 14.5 Å². The summed E-state index contributed by atoms with van der Waals surface area (Å²) in [5.41, 5.74) is 6.20. The van der Waals surface area contributed by atoms with Crippen molar-refractivity contribution in [2.45, 2.75) is 6.43 Å². The second kappa shape index (κ2) is 5.30. The molecule has 7 heteroatoms. The van der Waals surface area contributed by atoms with E-state index >= 15 is 0 Å². The molecule has 0 radical (unpaired) electrons. The quantitative estimate of drug-likeness (QED) is 0.943. The Morgan fingerprint density at radius 3 is 2.84 bits per heavy atom. The van der Waals surface area contributed by atoms with Crippen LogP contribution in [0.5, 0.6) is 0 Å². The maximum atomic E-state index is 12.3. The average molecular weight is 305 g/mol.